The van der Waals surface area contributed by atoms with Crippen molar-refractivity contribution >= 4 is 27.3 Å². The fourth-order valence-corrected chi connectivity index (χ4v) is 2.79. The summed E-state index contributed by atoms with van der Waals surface area (Å²) in [6, 6.07) is 14.2. The Morgan fingerprint density at radius 3 is 2.17 bits per heavy atom. The Kier molecular flexibility index (Phi) is 5.29. The van der Waals surface area contributed by atoms with Crippen LogP contribution < -0.4 is 9.62 Å². The molecule has 0 aliphatic carbocycles. The van der Waals surface area contributed by atoms with Crippen LogP contribution in [0.2, 0.25) is 0 Å². The molecule has 0 saturated heterocycles. The van der Waals surface area contributed by atoms with Crippen LogP contribution in [0.25, 0.3) is 0 Å². The van der Waals surface area contributed by atoms with Gasteiger partial charge in [-0.1, -0.05) is 38.1 Å². The molecule has 128 valence electrons. The Bertz CT molecular complexity index is 828. The number of hydrogen-bond donors (Lipinski definition) is 1. The average molecular weight is 346 g/mol. The molecule has 0 aromatic heterocycles. The van der Waals surface area contributed by atoms with Crippen molar-refractivity contribution < 1.29 is 13.2 Å². The van der Waals surface area contributed by atoms with Crippen molar-refractivity contribution in [1.29, 1.82) is 0 Å². The highest BCUT2D eigenvalue weighted by atomic mass is 32.2. The van der Waals surface area contributed by atoms with E-state index in [1.165, 1.54) is 12.6 Å². The smallest absolute Gasteiger partial charge is 0.257 e. The van der Waals surface area contributed by atoms with Gasteiger partial charge in [0.2, 0.25) is 10.0 Å². The third-order valence-corrected chi connectivity index (χ3v) is 5.01. The summed E-state index contributed by atoms with van der Waals surface area (Å²) in [4.78, 5) is 12.6. The predicted molar refractivity (Wildman–Crippen MR) is 98.2 cm³/mol. The third kappa shape index (κ3) is 4.14. The molecule has 0 atom stereocenters. The first-order valence-corrected chi connectivity index (χ1v) is 9.49. The molecule has 5 nitrogen and oxygen atoms in total. The molecule has 0 radical (unpaired) electrons. The first kappa shape index (κ1) is 18.0. The Morgan fingerprint density at radius 2 is 1.62 bits per heavy atom. The van der Waals surface area contributed by atoms with E-state index in [-0.39, 0.29) is 5.91 Å². The van der Waals surface area contributed by atoms with Crippen LogP contribution in [0.1, 0.15) is 35.7 Å². The molecule has 0 unspecified atom stereocenters. The van der Waals surface area contributed by atoms with Gasteiger partial charge in [0.15, 0.2) is 0 Å². The van der Waals surface area contributed by atoms with E-state index in [1.807, 2.05) is 24.3 Å². The predicted octanol–water partition coefficient (Wildman–Crippen LogP) is 3.46. The fraction of sp³-hybridized carbons (Fsp3) is 0.278. The number of nitrogens with one attached hydrogen (secondary N) is 1. The Labute approximate surface area is 143 Å². The number of carbonyl (C=O) groups is 1. The Balaban J connectivity index is 2.27. The summed E-state index contributed by atoms with van der Waals surface area (Å²) in [5, 5.41) is 2.81. The SMILES string of the molecule is CC(C)c1ccc(NC(=O)c2ccccc2N(C)S(C)(=O)=O)cc1. The van der Waals surface area contributed by atoms with E-state index in [0.29, 0.717) is 22.9 Å². The van der Waals surface area contributed by atoms with Crippen LogP contribution in [0, 0.1) is 0 Å². The highest BCUT2D eigenvalue weighted by Crippen LogP contribution is 2.23. The molecule has 1 N–H and O–H groups in total. The van der Waals surface area contributed by atoms with Crippen LogP contribution in [0.5, 0.6) is 0 Å². The van der Waals surface area contributed by atoms with Crippen LogP contribution in [0.4, 0.5) is 11.4 Å². The van der Waals surface area contributed by atoms with Gasteiger partial charge in [-0.25, -0.2) is 8.42 Å². The normalized spacial score (nSPS) is 11.4. The van der Waals surface area contributed by atoms with E-state index < -0.39 is 10.0 Å². The van der Waals surface area contributed by atoms with E-state index in [0.717, 1.165) is 10.6 Å². The van der Waals surface area contributed by atoms with E-state index in [2.05, 4.69) is 19.2 Å². The summed E-state index contributed by atoms with van der Waals surface area (Å²) in [5.41, 5.74) is 2.50. The van der Waals surface area contributed by atoms with Gasteiger partial charge in [-0.15, -0.1) is 0 Å². The van der Waals surface area contributed by atoms with Crippen LogP contribution in [0.3, 0.4) is 0 Å². The van der Waals surface area contributed by atoms with Gasteiger partial charge < -0.3 is 5.32 Å². The molecule has 0 aliphatic heterocycles. The van der Waals surface area contributed by atoms with E-state index in [1.54, 1.807) is 24.3 Å². The highest BCUT2D eigenvalue weighted by molar-refractivity contribution is 7.92. The van der Waals surface area contributed by atoms with Crippen LogP contribution in [0.15, 0.2) is 48.5 Å². The number of rotatable bonds is 5. The van der Waals surface area contributed by atoms with Gasteiger partial charge in [-0.3, -0.25) is 9.10 Å². The van der Waals surface area contributed by atoms with Gasteiger partial charge >= 0.3 is 0 Å². The zero-order valence-electron chi connectivity index (χ0n) is 14.3. The lowest BCUT2D eigenvalue weighted by molar-refractivity contribution is 0.102. The molecule has 0 spiro atoms. The maximum atomic E-state index is 12.6. The van der Waals surface area contributed by atoms with E-state index >= 15 is 0 Å². The number of anilines is 2. The first-order valence-electron chi connectivity index (χ1n) is 7.64. The lowest BCUT2D eigenvalue weighted by Gasteiger charge is -2.19. The van der Waals surface area contributed by atoms with Crippen molar-refractivity contribution in [2.24, 2.45) is 0 Å². The van der Waals surface area contributed by atoms with Crippen molar-refractivity contribution in [3.8, 4) is 0 Å². The molecule has 0 fully saturated rings. The van der Waals surface area contributed by atoms with Crippen LogP contribution in [-0.4, -0.2) is 27.6 Å². The number of carbonyl (C=O) groups excluding carboxylic acids is 1. The van der Waals surface area contributed by atoms with Crippen LogP contribution in [-0.2, 0) is 10.0 Å². The van der Waals surface area contributed by atoms with Gasteiger partial charge in [0.25, 0.3) is 5.91 Å². The third-order valence-electron chi connectivity index (χ3n) is 3.82. The standard InChI is InChI=1S/C18H22N2O3S/c1-13(2)14-9-11-15(12-10-14)19-18(21)16-7-5-6-8-17(16)20(3)24(4,22)23/h5-13H,1-4H3,(H,19,21). The van der Waals surface area contributed by atoms with Gasteiger partial charge in [0, 0.05) is 12.7 Å². The first-order chi connectivity index (χ1) is 11.2. The van der Waals surface area contributed by atoms with Crippen molar-refractivity contribution in [1.82, 2.24) is 0 Å². The number of hydrogen-bond acceptors (Lipinski definition) is 3. The zero-order valence-corrected chi connectivity index (χ0v) is 15.1. The fourth-order valence-electron chi connectivity index (χ4n) is 2.27. The highest BCUT2D eigenvalue weighted by Gasteiger charge is 2.19. The molecule has 0 heterocycles. The van der Waals surface area contributed by atoms with E-state index in [9.17, 15) is 13.2 Å². The number of benzene rings is 2. The van der Waals surface area contributed by atoms with Crippen molar-refractivity contribution in [2.75, 3.05) is 22.9 Å². The summed E-state index contributed by atoms with van der Waals surface area (Å²) in [6.07, 6.45) is 1.10. The molecule has 0 saturated carbocycles. The molecular weight excluding hydrogens is 324 g/mol. The van der Waals surface area contributed by atoms with Gasteiger partial charge in [-0.2, -0.15) is 0 Å². The summed E-state index contributed by atoms with van der Waals surface area (Å²) >= 11 is 0. The molecule has 0 bridgehead atoms. The summed E-state index contributed by atoms with van der Waals surface area (Å²) < 4.78 is 24.6. The second-order valence-corrected chi connectivity index (χ2v) is 7.99. The molecule has 2 rings (SSSR count). The topological polar surface area (TPSA) is 66.5 Å². The molecule has 24 heavy (non-hydrogen) atoms. The van der Waals surface area contributed by atoms with Gasteiger partial charge in [0.05, 0.1) is 17.5 Å². The summed E-state index contributed by atoms with van der Waals surface area (Å²) in [5.74, 6) is 0.0669. The van der Waals surface area contributed by atoms with Crippen LogP contribution >= 0.6 is 0 Å². The Morgan fingerprint density at radius 1 is 1.04 bits per heavy atom. The minimum atomic E-state index is -3.45. The molecule has 2 aromatic carbocycles. The largest absolute Gasteiger partial charge is 0.322 e. The van der Waals surface area contributed by atoms with Gasteiger partial charge in [-0.05, 0) is 35.7 Å². The Hall–Kier alpha value is -2.34. The molecule has 6 heteroatoms. The summed E-state index contributed by atoms with van der Waals surface area (Å²) in [7, 11) is -2.02. The van der Waals surface area contributed by atoms with Crippen molar-refractivity contribution in [2.45, 2.75) is 19.8 Å². The van der Waals surface area contributed by atoms with Crippen molar-refractivity contribution in [3.63, 3.8) is 0 Å². The maximum absolute atomic E-state index is 12.6. The molecule has 0 aliphatic rings. The molecular formula is C18H22N2O3S. The molecule has 1 amide bonds. The van der Waals surface area contributed by atoms with Gasteiger partial charge in [0.1, 0.15) is 0 Å². The lowest BCUT2D eigenvalue weighted by atomic mass is 10.0. The average Bonchev–Trinajstić information content (AvgIpc) is 2.53. The number of amides is 1. The van der Waals surface area contributed by atoms with E-state index in [4.69, 9.17) is 0 Å². The molecule has 2 aromatic rings. The monoisotopic (exact) mass is 346 g/mol. The number of sulfonamides is 1. The number of para-hydroxylation sites is 1. The quantitative estimate of drug-likeness (QED) is 0.901. The zero-order chi connectivity index (χ0) is 17.9. The minimum Gasteiger partial charge on any atom is -0.322 e. The second-order valence-electron chi connectivity index (χ2n) is 5.98. The maximum Gasteiger partial charge on any atom is 0.257 e. The van der Waals surface area contributed by atoms with Crippen molar-refractivity contribution in [3.05, 3.63) is 59.7 Å². The lowest BCUT2D eigenvalue weighted by Crippen LogP contribution is -2.27. The summed E-state index contributed by atoms with van der Waals surface area (Å²) in [6.45, 7) is 4.20. The minimum absolute atomic E-state index is 0.304. The number of nitrogens with zero attached hydrogens (tertiary/aromatic N) is 1. The second kappa shape index (κ2) is 7.05.